The maximum Gasteiger partial charge on any atom is 0.435 e. The minimum absolute atomic E-state index is 0. The van der Waals surface area contributed by atoms with E-state index < -0.39 is 47.4 Å². The molecule has 55 heavy (non-hydrogen) atoms. The molecule has 2 fully saturated rings. The summed E-state index contributed by atoms with van der Waals surface area (Å²) in [7, 11) is 0. The van der Waals surface area contributed by atoms with Crippen molar-refractivity contribution in [3.63, 3.8) is 0 Å². The van der Waals surface area contributed by atoms with E-state index in [1.807, 2.05) is 0 Å². The second-order valence-electron chi connectivity index (χ2n) is 13.3. The lowest BCUT2D eigenvalue weighted by atomic mass is 10.1. The average Bonchev–Trinajstić information content (AvgIpc) is 3.83. The van der Waals surface area contributed by atoms with Crippen LogP contribution in [-0.2, 0) is 54.4 Å². The number of nitrogens with zero attached hydrogens (tertiary/aromatic N) is 6. The highest BCUT2D eigenvalue weighted by Crippen LogP contribution is 2.37. The zero-order chi connectivity index (χ0) is 38.5. The Morgan fingerprint density at radius 1 is 0.873 bits per heavy atom. The number of hydrogen-bond donors (Lipinski definition) is 2. The van der Waals surface area contributed by atoms with Gasteiger partial charge in [0.25, 0.3) is 5.91 Å². The molecule has 0 radical (unpaired) electrons. The maximum absolute atomic E-state index is 14.6. The van der Waals surface area contributed by atoms with E-state index in [4.69, 9.17) is 4.74 Å². The van der Waals surface area contributed by atoms with E-state index in [2.05, 4.69) is 15.5 Å². The van der Waals surface area contributed by atoms with Gasteiger partial charge >= 0.3 is 12.4 Å². The van der Waals surface area contributed by atoms with Crippen LogP contribution < -0.4 is 5.32 Å². The van der Waals surface area contributed by atoms with Gasteiger partial charge in [0.05, 0.1) is 47.6 Å². The van der Waals surface area contributed by atoms with Crippen LogP contribution in [0.1, 0.15) is 62.7 Å². The largest absolute Gasteiger partial charge is 0.435 e. The van der Waals surface area contributed by atoms with E-state index in [9.17, 15) is 49.8 Å². The Morgan fingerprint density at radius 3 is 2.11 bits per heavy atom. The minimum atomic E-state index is -4.65. The Bertz CT molecular complexity index is 2100. The average molecular weight is 804 g/mol. The molecule has 0 saturated carbocycles. The highest BCUT2D eigenvalue weighted by Gasteiger charge is 2.41. The van der Waals surface area contributed by atoms with E-state index in [0.717, 1.165) is 21.9 Å². The van der Waals surface area contributed by atoms with Gasteiger partial charge in [0.15, 0.2) is 11.4 Å². The number of β-amino-alcohol motifs (C(OH)–C–C–N with tert-alkyl or cyclic N) is 1. The third-order valence-corrected chi connectivity index (χ3v) is 9.68. The van der Waals surface area contributed by atoms with Crippen LogP contribution in [0.2, 0.25) is 0 Å². The van der Waals surface area contributed by atoms with Crippen molar-refractivity contribution in [3.8, 4) is 11.4 Å². The van der Waals surface area contributed by atoms with Gasteiger partial charge in [-0.25, -0.2) is 18.1 Å². The molecule has 296 valence electrons. The Hall–Kier alpha value is -4.59. The number of aromatic nitrogens is 4. The topological polar surface area (TPSA) is 118 Å². The number of aliphatic hydroxyl groups excluding tert-OH is 1. The van der Waals surface area contributed by atoms with Gasteiger partial charge < -0.3 is 25.0 Å². The molecule has 4 aromatic rings. The van der Waals surface area contributed by atoms with Gasteiger partial charge in [-0.3, -0.25) is 9.59 Å². The molecule has 0 unspecified atom stereocenters. The van der Waals surface area contributed by atoms with Gasteiger partial charge in [0.2, 0.25) is 5.91 Å². The minimum Gasteiger partial charge on any atom is -0.389 e. The summed E-state index contributed by atoms with van der Waals surface area (Å²) in [5.74, 6) is -2.01. The Kier molecular flexibility index (Phi) is 11.3. The van der Waals surface area contributed by atoms with Crippen LogP contribution in [0.5, 0.6) is 0 Å². The van der Waals surface area contributed by atoms with Crippen LogP contribution in [0.25, 0.3) is 11.4 Å². The summed E-state index contributed by atoms with van der Waals surface area (Å²) in [4.78, 5) is 26.8. The summed E-state index contributed by atoms with van der Waals surface area (Å²) >= 11 is 0. The lowest BCUT2D eigenvalue weighted by molar-refractivity contribution is -0.143. The van der Waals surface area contributed by atoms with Crippen LogP contribution in [0.15, 0.2) is 36.4 Å². The van der Waals surface area contributed by atoms with E-state index in [0.29, 0.717) is 36.5 Å². The van der Waals surface area contributed by atoms with Crippen molar-refractivity contribution < 1.29 is 54.6 Å². The van der Waals surface area contributed by atoms with Gasteiger partial charge in [-0.2, -0.15) is 36.5 Å². The van der Waals surface area contributed by atoms with Crippen LogP contribution in [0, 0.1) is 11.6 Å². The molecular formula is C35H34ClF8N7O4. The fraction of sp³-hybridized carbons (Fsp3) is 0.429. The van der Waals surface area contributed by atoms with E-state index in [1.165, 1.54) is 29.2 Å². The zero-order valence-electron chi connectivity index (χ0n) is 28.8. The number of alkyl halides is 6. The van der Waals surface area contributed by atoms with Gasteiger partial charge in [0, 0.05) is 68.3 Å². The fourth-order valence-electron chi connectivity index (χ4n) is 6.94. The number of rotatable bonds is 5. The van der Waals surface area contributed by atoms with Crippen molar-refractivity contribution >= 4 is 24.2 Å². The number of amides is 2. The van der Waals surface area contributed by atoms with Crippen LogP contribution in [-0.4, -0.2) is 85.2 Å². The number of aliphatic hydroxyl groups is 1. The van der Waals surface area contributed by atoms with Gasteiger partial charge in [-0.1, -0.05) is 6.07 Å². The standard InChI is InChI=1S/C18H18F4N4O.C17H15F4N3O3.ClH/c19-14-8-12(4-3-11(14)10-25-7-1-2-16(25)27)26-15-9-23-6-5-13(15)17(24-26)18(20,21)22;18-13-5-9(1-2-11(13)16(26)23-6-10(25)7-23)24-14-3-4-27-8-12(14)15(22-24)17(19,20)21;/h3-4,8,23H,1-2,5-7,9-10H2;1-2,5,10,25H,3-4,6-8H2;1H. The molecular weight excluding hydrogens is 770 g/mol. The van der Waals surface area contributed by atoms with Gasteiger partial charge in [-0.05, 0) is 43.7 Å². The van der Waals surface area contributed by atoms with Crippen LogP contribution >= 0.6 is 12.4 Å². The second-order valence-corrected chi connectivity index (χ2v) is 13.3. The molecule has 4 aliphatic rings. The number of halogens is 9. The zero-order valence-corrected chi connectivity index (χ0v) is 29.6. The quantitative estimate of drug-likeness (QED) is 0.269. The summed E-state index contributed by atoms with van der Waals surface area (Å²) in [6, 6.07) is 7.80. The predicted molar refractivity (Wildman–Crippen MR) is 180 cm³/mol. The molecule has 0 spiro atoms. The Labute approximate surface area is 314 Å². The molecule has 0 bridgehead atoms. The second kappa shape index (κ2) is 15.5. The summed E-state index contributed by atoms with van der Waals surface area (Å²) in [6.45, 7) is 1.73. The molecule has 0 atom stereocenters. The molecule has 2 saturated heterocycles. The first-order valence-electron chi connectivity index (χ1n) is 17.1. The first-order chi connectivity index (χ1) is 25.6. The predicted octanol–water partition coefficient (Wildman–Crippen LogP) is 5.14. The summed E-state index contributed by atoms with van der Waals surface area (Å²) < 4.78 is 116. The lowest BCUT2D eigenvalue weighted by Gasteiger charge is -2.35. The molecule has 8 rings (SSSR count). The molecule has 4 aliphatic heterocycles. The van der Waals surface area contributed by atoms with Gasteiger partial charge in [-0.15, -0.1) is 12.4 Å². The molecule has 2 amide bonds. The summed E-state index contributed by atoms with van der Waals surface area (Å²) in [5, 5.41) is 19.7. The van der Waals surface area contributed by atoms with Crippen molar-refractivity contribution in [2.24, 2.45) is 0 Å². The van der Waals surface area contributed by atoms with Gasteiger partial charge in [0.1, 0.15) is 11.6 Å². The smallest absolute Gasteiger partial charge is 0.389 e. The SMILES string of the molecule is Cl.O=C(c1ccc(-n2nc(C(F)(F)F)c3c2CCOC3)cc1F)N1CC(O)C1.O=C1CCCN1Cc1ccc(-n2nc(C(F)(F)F)c3c2CNCC3)cc1F. The summed E-state index contributed by atoms with van der Waals surface area (Å²) in [6.07, 6.45) is -8.16. The number of carbonyl (C=O) groups is 2. The molecule has 11 nitrogen and oxygen atoms in total. The molecule has 2 N–H and O–H groups in total. The molecule has 2 aromatic heterocycles. The monoisotopic (exact) mass is 803 g/mol. The van der Waals surface area contributed by atoms with E-state index in [1.54, 1.807) is 11.0 Å². The molecule has 0 aliphatic carbocycles. The van der Waals surface area contributed by atoms with Crippen molar-refractivity contribution in [1.29, 1.82) is 0 Å². The molecule has 20 heteroatoms. The number of fused-ring (bicyclic) bond motifs is 2. The molecule has 2 aromatic carbocycles. The first kappa shape index (κ1) is 40.1. The number of nitrogens with one attached hydrogen (secondary N) is 1. The van der Waals surface area contributed by atoms with Crippen molar-refractivity contribution in [1.82, 2.24) is 34.7 Å². The maximum atomic E-state index is 14.6. The van der Waals surface area contributed by atoms with Crippen molar-refractivity contribution in [3.05, 3.63) is 93.1 Å². The number of benzene rings is 2. The molecule has 6 heterocycles. The fourth-order valence-corrected chi connectivity index (χ4v) is 6.94. The van der Waals surface area contributed by atoms with Crippen molar-refractivity contribution in [2.75, 3.05) is 32.8 Å². The van der Waals surface area contributed by atoms with Crippen molar-refractivity contribution in [2.45, 2.75) is 63.8 Å². The lowest BCUT2D eigenvalue weighted by Crippen LogP contribution is -2.53. The van der Waals surface area contributed by atoms with E-state index in [-0.39, 0.29) is 98.6 Å². The number of carbonyl (C=O) groups excluding carboxylic acids is 2. The third kappa shape index (κ3) is 8.06. The Balaban J connectivity index is 0.000000184. The number of ether oxygens (including phenoxy) is 1. The normalized spacial score (nSPS) is 17.2. The summed E-state index contributed by atoms with van der Waals surface area (Å²) in [5.41, 5.74) is -0.667. The van der Waals surface area contributed by atoms with Crippen LogP contribution in [0.4, 0.5) is 35.1 Å². The number of hydrogen-bond acceptors (Lipinski definition) is 7. The highest BCUT2D eigenvalue weighted by molar-refractivity contribution is 5.95. The first-order valence-corrected chi connectivity index (χ1v) is 17.1. The third-order valence-electron chi connectivity index (χ3n) is 9.68. The Morgan fingerprint density at radius 2 is 1.51 bits per heavy atom. The number of likely N-dealkylation sites (tertiary alicyclic amines) is 2. The highest BCUT2D eigenvalue weighted by atomic mass is 35.5. The van der Waals surface area contributed by atoms with Crippen LogP contribution in [0.3, 0.4) is 0 Å². The van der Waals surface area contributed by atoms with E-state index >= 15 is 0 Å².